The van der Waals surface area contributed by atoms with Gasteiger partial charge in [-0.05, 0) is 42.8 Å². The molecule has 1 aliphatic rings. The van der Waals surface area contributed by atoms with E-state index in [-0.39, 0.29) is 23.6 Å². The van der Waals surface area contributed by atoms with Crippen molar-refractivity contribution in [1.29, 1.82) is 0 Å². The molecule has 13 heteroatoms. The molecule has 1 saturated heterocycles. The molecule has 1 aromatic carbocycles. The van der Waals surface area contributed by atoms with Crippen molar-refractivity contribution in [3.05, 3.63) is 70.9 Å². The van der Waals surface area contributed by atoms with Gasteiger partial charge in [0.05, 0.1) is 5.69 Å². The lowest BCUT2D eigenvalue weighted by molar-refractivity contribution is -0.131. The lowest BCUT2D eigenvalue weighted by atomic mass is 9.96. The van der Waals surface area contributed by atoms with Crippen LogP contribution in [0.1, 0.15) is 34.6 Å². The van der Waals surface area contributed by atoms with Crippen LogP contribution in [0.4, 0.5) is 0 Å². The van der Waals surface area contributed by atoms with Crippen LogP contribution in [0.25, 0.3) is 0 Å². The van der Waals surface area contributed by atoms with Gasteiger partial charge >= 0.3 is 0 Å². The van der Waals surface area contributed by atoms with E-state index < -0.39 is 45.9 Å². The maximum atomic E-state index is 13.6. The number of nitrogens with two attached hydrogens (primary N) is 1. The highest BCUT2D eigenvalue weighted by atomic mass is 32.2. The number of nitrogens with zero attached hydrogens (tertiary/aromatic N) is 3. The van der Waals surface area contributed by atoms with Crippen molar-refractivity contribution in [2.75, 3.05) is 6.54 Å². The molecule has 2 aromatic heterocycles. The zero-order chi connectivity index (χ0) is 27.4. The summed E-state index contributed by atoms with van der Waals surface area (Å²) in [5.41, 5.74) is 7.35. The van der Waals surface area contributed by atoms with Crippen LogP contribution >= 0.6 is 11.3 Å². The Hall–Kier alpha value is -3.55. The van der Waals surface area contributed by atoms with Gasteiger partial charge in [-0.15, -0.1) is 11.3 Å². The van der Waals surface area contributed by atoms with Gasteiger partial charge in [-0.1, -0.05) is 36.4 Å². The Morgan fingerprint density at radius 1 is 1.18 bits per heavy atom. The van der Waals surface area contributed by atoms with Crippen molar-refractivity contribution in [3.8, 4) is 0 Å². The van der Waals surface area contributed by atoms with E-state index in [2.05, 4.69) is 15.1 Å². The summed E-state index contributed by atoms with van der Waals surface area (Å²) in [7, 11) is -2.15. The maximum absolute atomic E-state index is 13.6. The van der Waals surface area contributed by atoms with E-state index in [9.17, 15) is 22.8 Å². The van der Waals surface area contributed by atoms with Crippen molar-refractivity contribution in [2.24, 2.45) is 12.8 Å². The van der Waals surface area contributed by atoms with Gasteiger partial charge in [-0.2, -0.15) is 5.10 Å². The number of likely N-dealkylation sites (tertiary alicyclic amines) is 1. The molecule has 0 bridgehead atoms. The van der Waals surface area contributed by atoms with Crippen LogP contribution in [0.15, 0.2) is 58.1 Å². The number of hydrogen-bond donors (Lipinski definition) is 3. The normalized spacial score (nSPS) is 18.6. The number of carbonyl (C=O) groups is 3. The number of benzene rings is 1. The Kier molecular flexibility index (Phi) is 8.29. The molecule has 3 atom stereocenters. The first-order valence-corrected chi connectivity index (χ1v) is 14.4. The minimum Gasteiger partial charge on any atom is -0.368 e. The van der Waals surface area contributed by atoms with Gasteiger partial charge in [-0.3, -0.25) is 19.1 Å². The maximum Gasteiger partial charge on any atom is 0.272 e. The Balaban J connectivity index is 1.58. The number of carbonyl (C=O) groups excluding carboxylic acids is 3. The van der Waals surface area contributed by atoms with Gasteiger partial charge in [-0.25, -0.2) is 13.1 Å². The van der Waals surface area contributed by atoms with Crippen LogP contribution in [0.5, 0.6) is 0 Å². The largest absolute Gasteiger partial charge is 0.368 e. The third-order valence-electron chi connectivity index (χ3n) is 6.41. The molecule has 3 heterocycles. The number of amides is 3. The molecule has 1 aliphatic heterocycles. The highest BCUT2D eigenvalue weighted by Gasteiger charge is 2.40. The fraction of sp³-hybridized carbons (Fsp3) is 0.360. The summed E-state index contributed by atoms with van der Waals surface area (Å²) in [6.45, 7) is 1.88. The number of primary amides is 1. The summed E-state index contributed by atoms with van der Waals surface area (Å²) in [5, 5.41) is 8.59. The second-order valence-corrected chi connectivity index (χ2v) is 12.1. The molecule has 0 aliphatic carbocycles. The Morgan fingerprint density at radius 2 is 1.92 bits per heavy atom. The molecule has 3 amide bonds. The third kappa shape index (κ3) is 6.29. The van der Waals surface area contributed by atoms with Gasteiger partial charge in [0.1, 0.15) is 22.0 Å². The quantitative estimate of drug-likeness (QED) is 0.355. The topological polar surface area (TPSA) is 156 Å². The monoisotopic (exact) mass is 558 g/mol. The van der Waals surface area contributed by atoms with Crippen LogP contribution in [-0.4, -0.2) is 65.5 Å². The molecular formula is C25H30N6O5S2. The van der Waals surface area contributed by atoms with Crippen molar-refractivity contribution in [2.45, 2.75) is 48.5 Å². The van der Waals surface area contributed by atoms with E-state index in [4.69, 9.17) is 5.73 Å². The predicted octanol–water partition coefficient (Wildman–Crippen LogP) is 0.955. The van der Waals surface area contributed by atoms with Crippen molar-refractivity contribution in [1.82, 2.24) is 24.7 Å². The summed E-state index contributed by atoms with van der Waals surface area (Å²) in [4.78, 5) is 40.7. The molecule has 0 unspecified atom stereocenters. The highest BCUT2D eigenvalue weighted by molar-refractivity contribution is 7.91. The molecule has 4 N–H and O–H groups in total. The van der Waals surface area contributed by atoms with Crippen molar-refractivity contribution >= 4 is 39.1 Å². The van der Waals surface area contributed by atoms with Crippen LogP contribution in [-0.2, 0) is 33.1 Å². The summed E-state index contributed by atoms with van der Waals surface area (Å²) >= 11 is 1.09. The zero-order valence-electron chi connectivity index (χ0n) is 21.0. The van der Waals surface area contributed by atoms with E-state index >= 15 is 0 Å². The minimum absolute atomic E-state index is 0.0236. The Morgan fingerprint density at radius 3 is 2.53 bits per heavy atom. The van der Waals surface area contributed by atoms with Crippen LogP contribution in [0.3, 0.4) is 0 Å². The van der Waals surface area contributed by atoms with E-state index in [0.717, 1.165) is 16.9 Å². The first-order valence-electron chi connectivity index (χ1n) is 12.1. The molecule has 0 saturated carbocycles. The molecule has 1 fully saturated rings. The number of nitrogens with one attached hydrogen (secondary N) is 2. The van der Waals surface area contributed by atoms with E-state index in [0.29, 0.717) is 17.8 Å². The second kappa shape index (κ2) is 11.5. The number of hydrogen-bond acceptors (Lipinski definition) is 7. The Labute approximate surface area is 225 Å². The Bertz CT molecular complexity index is 1410. The molecule has 0 radical (unpaired) electrons. The molecule has 202 valence electrons. The SMILES string of the molecule is Cc1cc(C(=O)N2CC[C@H](NS(=O)(=O)c3cccs3)C[C@H]2C(=O)N[C@H](Cc2ccccc2)C(N)=O)n(C)n1. The second-order valence-electron chi connectivity index (χ2n) is 9.24. The van der Waals surface area contributed by atoms with Crippen LogP contribution in [0, 0.1) is 6.92 Å². The lowest BCUT2D eigenvalue weighted by Crippen LogP contribution is -2.59. The van der Waals surface area contributed by atoms with E-state index in [1.165, 1.54) is 15.6 Å². The first kappa shape index (κ1) is 27.5. The first-order chi connectivity index (χ1) is 18.0. The van der Waals surface area contributed by atoms with Gasteiger partial charge < -0.3 is 16.0 Å². The molecular weight excluding hydrogens is 528 g/mol. The summed E-state index contributed by atoms with van der Waals surface area (Å²) < 4.78 is 30.0. The summed E-state index contributed by atoms with van der Waals surface area (Å²) in [5.74, 6) is -1.71. The number of aryl methyl sites for hydroxylation is 2. The third-order valence-corrected chi connectivity index (χ3v) is 9.33. The number of aromatic nitrogens is 2. The highest BCUT2D eigenvalue weighted by Crippen LogP contribution is 2.24. The molecule has 0 spiro atoms. The number of piperidine rings is 1. The average Bonchev–Trinajstić information content (AvgIpc) is 3.54. The number of rotatable bonds is 9. The number of thiophene rings is 1. The van der Waals surface area contributed by atoms with Crippen molar-refractivity contribution in [3.63, 3.8) is 0 Å². The van der Waals surface area contributed by atoms with Crippen LogP contribution in [0.2, 0.25) is 0 Å². The standard InChI is InChI=1S/C25H30N6O5S2/c1-16-13-21(30(2)28-16)25(34)31-11-10-18(29-38(35,36)22-9-6-12-37-22)15-20(31)24(33)27-19(23(26)32)14-17-7-4-3-5-8-17/h3-9,12-13,18-20,29H,10-11,14-15H2,1-2H3,(H2,26,32)(H,27,33)/t18-,19+,20-/m0/s1. The van der Waals surface area contributed by atoms with Gasteiger partial charge in [0.15, 0.2) is 0 Å². The summed E-state index contributed by atoms with van der Waals surface area (Å²) in [6.07, 6.45) is 0.508. The lowest BCUT2D eigenvalue weighted by Gasteiger charge is -2.39. The fourth-order valence-electron chi connectivity index (χ4n) is 4.56. The fourth-order valence-corrected chi connectivity index (χ4v) is 6.85. The van der Waals surface area contributed by atoms with E-state index in [1.807, 2.05) is 30.3 Å². The smallest absolute Gasteiger partial charge is 0.272 e. The van der Waals surface area contributed by atoms with Crippen LogP contribution < -0.4 is 15.8 Å². The molecule has 38 heavy (non-hydrogen) atoms. The minimum atomic E-state index is -3.79. The molecule has 11 nitrogen and oxygen atoms in total. The zero-order valence-corrected chi connectivity index (χ0v) is 22.7. The van der Waals surface area contributed by atoms with Gasteiger partial charge in [0, 0.05) is 26.1 Å². The van der Waals surface area contributed by atoms with Gasteiger partial charge in [0.25, 0.3) is 5.91 Å². The average molecular weight is 559 g/mol. The molecule has 4 rings (SSSR count). The van der Waals surface area contributed by atoms with Crippen molar-refractivity contribution < 1.29 is 22.8 Å². The predicted molar refractivity (Wildman–Crippen MR) is 142 cm³/mol. The van der Waals surface area contributed by atoms with Gasteiger partial charge in [0.2, 0.25) is 21.8 Å². The molecule has 3 aromatic rings. The number of sulfonamides is 1. The summed E-state index contributed by atoms with van der Waals surface area (Å²) in [6, 6.07) is 11.2. The van der Waals surface area contributed by atoms with E-state index in [1.54, 1.807) is 31.5 Å².